The zero-order chi connectivity index (χ0) is 14.8. The molecule has 0 saturated carbocycles. The van der Waals surface area contributed by atoms with Gasteiger partial charge in [0.05, 0.1) is 16.5 Å². The minimum absolute atomic E-state index is 0.139. The lowest BCUT2D eigenvalue weighted by molar-refractivity contribution is 0.285. The molecule has 2 N–H and O–H groups in total. The molecule has 0 fully saturated rings. The first-order valence-electron chi connectivity index (χ1n) is 6.03. The van der Waals surface area contributed by atoms with Gasteiger partial charge < -0.3 is 5.11 Å². The normalized spacial score (nSPS) is 11.9. The highest BCUT2D eigenvalue weighted by Gasteiger charge is 2.19. The molecule has 0 radical (unpaired) electrons. The van der Waals surface area contributed by atoms with E-state index in [1.165, 1.54) is 28.7 Å². The van der Waals surface area contributed by atoms with Gasteiger partial charge in [0.2, 0.25) is 10.0 Å². The van der Waals surface area contributed by atoms with E-state index in [9.17, 15) is 8.42 Å². The zero-order valence-corrected chi connectivity index (χ0v) is 13.7. The van der Waals surface area contributed by atoms with Crippen LogP contribution in [0.5, 0.6) is 0 Å². The molecule has 2 rings (SSSR count). The highest BCUT2D eigenvalue weighted by atomic mass is 32.2. The number of hydrogen-bond acceptors (Lipinski definition) is 6. The smallest absolute Gasteiger partial charge is 0.241 e. The number of nitrogens with zero attached hydrogens (tertiary/aromatic N) is 1. The molecule has 2 aromatic heterocycles. The second-order valence-corrected chi connectivity index (χ2v) is 8.34. The van der Waals surface area contributed by atoms with Crippen molar-refractivity contribution in [1.29, 1.82) is 0 Å². The topological polar surface area (TPSA) is 79.3 Å². The molecule has 0 aliphatic carbocycles. The van der Waals surface area contributed by atoms with Crippen LogP contribution in [0.2, 0.25) is 0 Å². The van der Waals surface area contributed by atoms with Crippen LogP contribution in [0.25, 0.3) is 0 Å². The van der Waals surface area contributed by atoms with Crippen molar-refractivity contribution in [3.8, 4) is 0 Å². The standard InChI is InChI=1S/C12H16N2O3S3/c1-8-7-18-12(14-8)3-4-13-20(16,17)11-5-10(6-15)19-9(11)2/h5,7,13,15H,3-4,6H2,1-2H3. The van der Waals surface area contributed by atoms with Crippen molar-refractivity contribution in [2.24, 2.45) is 0 Å². The monoisotopic (exact) mass is 332 g/mol. The third kappa shape index (κ3) is 3.64. The first-order valence-corrected chi connectivity index (χ1v) is 9.21. The van der Waals surface area contributed by atoms with Crippen molar-refractivity contribution >= 4 is 32.7 Å². The van der Waals surface area contributed by atoms with Gasteiger partial charge in [0, 0.05) is 33.8 Å². The molecular weight excluding hydrogens is 316 g/mol. The SMILES string of the molecule is Cc1csc(CCNS(=O)(=O)c2cc(CO)sc2C)n1. The number of thiazole rings is 1. The summed E-state index contributed by atoms with van der Waals surface area (Å²) in [6.07, 6.45) is 0.577. The summed E-state index contributed by atoms with van der Waals surface area (Å²) in [6.45, 7) is 3.83. The molecule has 0 bridgehead atoms. The summed E-state index contributed by atoms with van der Waals surface area (Å²) in [7, 11) is -3.52. The Hall–Kier alpha value is -0.800. The van der Waals surface area contributed by atoms with Gasteiger partial charge in [0.15, 0.2) is 0 Å². The molecule has 8 heteroatoms. The van der Waals surface area contributed by atoms with E-state index >= 15 is 0 Å². The van der Waals surface area contributed by atoms with E-state index in [1.807, 2.05) is 12.3 Å². The highest BCUT2D eigenvalue weighted by molar-refractivity contribution is 7.89. The van der Waals surface area contributed by atoms with E-state index in [1.54, 1.807) is 6.92 Å². The fourth-order valence-electron chi connectivity index (χ4n) is 1.76. The molecule has 0 atom stereocenters. The molecule has 0 saturated heterocycles. The van der Waals surface area contributed by atoms with Crippen LogP contribution in [0.3, 0.4) is 0 Å². The summed E-state index contributed by atoms with van der Waals surface area (Å²) in [5.74, 6) is 0. The fraction of sp³-hybridized carbons (Fsp3) is 0.417. The number of aliphatic hydroxyl groups excluding tert-OH is 1. The molecule has 0 aliphatic heterocycles. The number of hydrogen-bond donors (Lipinski definition) is 2. The zero-order valence-electron chi connectivity index (χ0n) is 11.2. The molecule has 0 aliphatic rings. The van der Waals surface area contributed by atoms with Crippen LogP contribution in [-0.4, -0.2) is 25.1 Å². The van der Waals surface area contributed by atoms with Crippen LogP contribution < -0.4 is 4.72 Å². The first-order chi connectivity index (χ1) is 9.42. The van der Waals surface area contributed by atoms with Crippen molar-refractivity contribution in [3.05, 3.63) is 31.9 Å². The van der Waals surface area contributed by atoms with Crippen molar-refractivity contribution < 1.29 is 13.5 Å². The van der Waals surface area contributed by atoms with Crippen molar-refractivity contribution in [1.82, 2.24) is 9.71 Å². The maximum Gasteiger partial charge on any atom is 0.241 e. The Bertz CT molecular complexity index is 689. The van der Waals surface area contributed by atoms with E-state index in [-0.39, 0.29) is 11.5 Å². The van der Waals surface area contributed by atoms with Gasteiger partial charge in [-0.15, -0.1) is 22.7 Å². The molecular formula is C12H16N2O3S3. The molecule has 0 unspecified atom stereocenters. The van der Waals surface area contributed by atoms with Crippen LogP contribution in [-0.2, 0) is 23.1 Å². The minimum atomic E-state index is -3.52. The Labute approximate surface area is 126 Å². The molecule has 0 aromatic carbocycles. The minimum Gasteiger partial charge on any atom is -0.391 e. The van der Waals surface area contributed by atoms with Gasteiger partial charge in [-0.25, -0.2) is 18.1 Å². The average molecular weight is 332 g/mol. The number of aryl methyl sites for hydroxylation is 2. The fourth-order valence-corrected chi connectivity index (χ4v) is 5.06. The number of rotatable bonds is 6. The largest absolute Gasteiger partial charge is 0.391 e. The third-order valence-corrected chi connectivity index (χ3v) is 6.44. The second kappa shape index (κ2) is 6.31. The summed E-state index contributed by atoms with van der Waals surface area (Å²) >= 11 is 2.82. The van der Waals surface area contributed by atoms with E-state index in [2.05, 4.69) is 9.71 Å². The van der Waals surface area contributed by atoms with Crippen LogP contribution in [0.1, 0.15) is 20.5 Å². The van der Waals surface area contributed by atoms with Crippen LogP contribution in [0.4, 0.5) is 0 Å². The number of sulfonamides is 1. The predicted octanol–water partition coefficient (Wildman–Crippen LogP) is 1.83. The summed E-state index contributed by atoms with van der Waals surface area (Å²) < 4.78 is 26.9. The van der Waals surface area contributed by atoms with Gasteiger partial charge in [-0.2, -0.15) is 0 Å². The Morgan fingerprint density at radius 2 is 2.15 bits per heavy atom. The first kappa shape index (κ1) is 15.6. The van der Waals surface area contributed by atoms with E-state index < -0.39 is 10.0 Å². The van der Waals surface area contributed by atoms with Crippen LogP contribution >= 0.6 is 22.7 Å². The number of aromatic nitrogens is 1. The highest BCUT2D eigenvalue weighted by Crippen LogP contribution is 2.25. The molecule has 0 spiro atoms. The summed E-state index contributed by atoms with van der Waals surface area (Å²) in [6, 6.07) is 1.52. The molecule has 2 heterocycles. The van der Waals surface area contributed by atoms with Gasteiger partial charge in [-0.1, -0.05) is 0 Å². The van der Waals surface area contributed by atoms with Gasteiger partial charge in [0.1, 0.15) is 0 Å². The Kier molecular flexibility index (Phi) is 4.92. The van der Waals surface area contributed by atoms with Crippen molar-refractivity contribution in [3.63, 3.8) is 0 Å². The van der Waals surface area contributed by atoms with Crippen molar-refractivity contribution in [2.45, 2.75) is 31.8 Å². The van der Waals surface area contributed by atoms with Gasteiger partial charge in [-0.3, -0.25) is 0 Å². The summed E-state index contributed by atoms with van der Waals surface area (Å²) in [5.41, 5.74) is 0.953. The number of nitrogens with one attached hydrogen (secondary N) is 1. The lowest BCUT2D eigenvalue weighted by Crippen LogP contribution is -2.26. The van der Waals surface area contributed by atoms with Crippen LogP contribution in [0.15, 0.2) is 16.3 Å². The van der Waals surface area contributed by atoms with E-state index in [0.29, 0.717) is 22.7 Å². The number of thiophene rings is 1. The maximum absolute atomic E-state index is 12.2. The summed E-state index contributed by atoms with van der Waals surface area (Å²) in [5, 5.41) is 11.9. The molecule has 0 amide bonds. The maximum atomic E-state index is 12.2. The van der Waals surface area contributed by atoms with Gasteiger partial charge in [0.25, 0.3) is 0 Å². The molecule has 110 valence electrons. The van der Waals surface area contributed by atoms with Crippen molar-refractivity contribution in [2.75, 3.05) is 6.54 Å². The Balaban J connectivity index is 2.01. The van der Waals surface area contributed by atoms with Crippen LogP contribution in [0, 0.1) is 13.8 Å². The average Bonchev–Trinajstić information content (AvgIpc) is 2.95. The van der Waals surface area contributed by atoms with Gasteiger partial charge in [-0.05, 0) is 19.9 Å². The Morgan fingerprint density at radius 1 is 1.40 bits per heavy atom. The summed E-state index contributed by atoms with van der Waals surface area (Å²) in [4.78, 5) is 5.88. The van der Waals surface area contributed by atoms with E-state index in [4.69, 9.17) is 5.11 Å². The van der Waals surface area contributed by atoms with E-state index in [0.717, 1.165) is 10.7 Å². The lowest BCUT2D eigenvalue weighted by atomic mass is 10.4. The molecule has 2 aromatic rings. The lowest BCUT2D eigenvalue weighted by Gasteiger charge is -2.04. The predicted molar refractivity (Wildman–Crippen MR) is 80.7 cm³/mol. The third-order valence-electron chi connectivity index (χ3n) is 2.67. The quantitative estimate of drug-likeness (QED) is 0.846. The van der Waals surface area contributed by atoms with Gasteiger partial charge >= 0.3 is 0 Å². The molecule has 5 nitrogen and oxygen atoms in total. The second-order valence-electron chi connectivity index (χ2n) is 4.32. The molecule has 20 heavy (non-hydrogen) atoms. The Morgan fingerprint density at radius 3 is 2.70 bits per heavy atom. The number of aliphatic hydroxyl groups is 1.